The number of nitrogens with zero attached hydrogens (tertiary/aromatic N) is 4. The van der Waals surface area contributed by atoms with Crippen LogP contribution in [0.1, 0.15) is 12.8 Å². The Hall–Kier alpha value is -1.92. The fraction of sp³-hybridized carbons (Fsp3) is 0.412. The van der Waals surface area contributed by atoms with Gasteiger partial charge in [0.05, 0.1) is 11.9 Å². The van der Waals surface area contributed by atoms with E-state index in [1.807, 2.05) is 12.1 Å². The summed E-state index contributed by atoms with van der Waals surface area (Å²) in [5, 5.41) is 3.41. The van der Waals surface area contributed by atoms with Crippen LogP contribution in [0, 0.1) is 5.82 Å². The van der Waals surface area contributed by atoms with Gasteiger partial charge in [-0.25, -0.2) is 14.4 Å². The van der Waals surface area contributed by atoms with Crippen molar-refractivity contribution in [1.29, 1.82) is 0 Å². The van der Waals surface area contributed by atoms with Gasteiger partial charge < -0.3 is 15.1 Å². The van der Waals surface area contributed by atoms with Crippen LogP contribution in [0.5, 0.6) is 0 Å². The zero-order valence-corrected chi connectivity index (χ0v) is 14.6. The number of aromatic nitrogens is 2. The Labute approximate surface area is 146 Å². The van der Waals surface area contributed by atoms with E-state index in [0.29, 0.717) is 28.3 Å². The standard InChI is InChI=1S/C17H21ClFN5/c1-23(2)13-5-7-24(8-6-13)16-4-3-12(9-15(16)19)22-17-14(18)10-20-11-21-17/h3-4,9-11,13H,5-8H2,1-2H3,(H,20,21,22). The van der Waals surface area contributed by atoms with E-state index in [1.54, 1.807) is 0 Å². The van der Waals surface area contributed by atoms with Gasteiger partial charge in [-0.15, -0.1) is 0 Å². The van der Waals surface area contributed by atoms with Crippen molar-refractivity contribution in [3.05, 3.63) is 41.6 Å². The van der Waals surface area contributed by atoms with Gasteiger partial charge in [-0.2, -0.15) is 0 Å². The fourth-order valence-electron chi connectivity index (χ4n) is 3.01. The monoisotopic (exact) mass is 349 g/mol. The molecule has 1 saturated heterocycles. The lowest BCUT2D eigenvalue weighted by Crippen LogP contribution is -2.42. The Balaban J connectivity index is 1.70. The van der Waals surface area contributed by atoms with E-state index in [9.17, 15) is 4.39 Å². The summed E-state index contributed by atoms with van der Waals surface area (Å²) in [5.41, 5.74) is 1.26. The molecule has 7 heteroatoms. The molecule has 3 rings (SSSR count). The molecule has 0 bridgehead atoms. The van der Waals surface area contributed by atoms with Gasteiger partial charge in [0, 0.05) is 24.8 Å². The third kappa shape index (κ3) is 3.76. The molecule has 0 saturated carbocycles. The molecular weight excluding hydrogens is 329 g/mol. The molecule has 1 aromatic heterocycles. The van der Waals surface area contributed by atoms with Crippen LogP contribution < -0.4 is 10.2 Å². The normalized spacial score (nSPS) is 15.8. The van der Waals surface area contributed by atoms with Crippen molar-refractivity contribution in [3.8, 4) is 0 Å². The van der Waals surface area contributed by atoms with E-state index < -0.39 is 0 Å². The minimum absolute atomic E-state index is 0.242. The van der Waals surface area contributed by atoms with E-state index in [2.05, 4.69) is 39.2 Å². The number of hydrogen-bond donors (Lipinski definition) is 1. The van der Waals surface area contributed by atoms with Gasteiger partial charge in [0.2, 0.25) is 0 Å². The highest BCUT2D eigenvalue weighted by Gasteiger charge is 2.22. The van der Waals surface area contributed by atoms with Crippen LogP contribution in [0.3, 0.4) is 0 Å². The topological polar surface area (TPSA) is 44.3 Å². The van der Waals surface area contributed by atoms with Crippen LogP contribution >= 0.6 is 11.6 Å². The third-order valence-electron chi connectivity index (χ3n) is 4.41. The van der Waals surface area contributed by atoms with Crippen molar-refractivity contribution in [2.45, 2.75) is 18.9 Å². The molecule has 1 aliphatic rings. The number of anilines is 3. The Kier molecular flexibility index (Phi) is 5.16. The molecule has 0 amide bonds. The lowest BCUT2D eigenvalue weighted by molar-refractivity contribution is 0.249. The van der Waals surface area contributed by atoms with Crippen LogP contribution in [-0.2, 0) is 0 Å². The highest BCUT2D eigenvalue weighted by Crippen LogP contribution is 2.28. The second-order valence-corrected chi connectivity index (χ2v) is 6.60. The quantitative estimate of drug-likeness (QED) is 0.914. The van der Waals surface area contributed by atoms with Crippen molar-refractivity contribution in [1.82, 2.24) is 14.9 Å². The second-order valence-electron chi connectivity index (χ2n) is 6.19. The summed E-state index contributed by atoms with van der Waals surface area (Å²) in [6.45, 7) is 1.73. The van der Waals surface area contributed by atoms with Crippen LogP contribution in [0.2, 0.25) is 5.02 Å². The smallest absolute Gasteiger partial charge is 0.152 e. The number of benzene rings is 1. The first-order chi connectivity index (χ1) is 11.5. The maximum atomic E-state index is 14.5. The fourth-order valence-corrected chi connectivity index (χ4v) is 3.16. The first-order valence-electron chi connectivity index (χ1n) is 7.98. The number of halogens is 2. The van der Waals surface area contributed by atoms with Crippen molar-refractivity contribution in [2.75, 3.05) is 37.4 Å². The molecule has 0 radical (unpaired) electrons. The highest BCUT2D eigenvalue weighted by molar-refractivity contribution is 6.32. The molecule has 128 valence electrons. The van der Waals surface area contributed by atoms with Gasteiger partial charge in [-0.05, 0) is 45.1 Å². The maximum absolute atomic E-state index is 14.5. The molecule has 1 aromatic carbocycles. The summed E-state index contributed by atoms with van der Waals surface area (Å²) in [6.07, 6.45) is 4.98. The largest absolute Gasteiger partial charge is 0.369 e. The molecular formula is C17H21ClFN5. The molecule has 24 heavy (non-hydrogen) atoms. The van der Waals surface area contributed by atoms with E-state index in [0.717, 1.165) is 25.9 Å². The number of rotatable bonds is 4. The predicted octanol–water partition coefficient (Wildman–Crippen LogP) is 3.54. The molecule has 2 aromatic rings. The summed E-state index contributed by atoms with van der Waals surface area (Å²) in [7, 11) is 4.19. The zero-order valence-electron chi connectivity index (χ0n) is 13.8. The number of hydrogen-bond acceptors (Lipinski definition) is 5. The van der Waals surface area contributed by atoms with Gasteiger partial charge in [-0.1, -0.05) is 11.6 Å². The Morgan fingerprint density at radius 3 is 2.67 bits per heavy atom. The summed E-state index contributed by atoms with van der Waals surface area (Å²) >= 11 is 6.01. The minimum Gasteiger partial charge on any atom is -0.369 e. The lowest BCUT2D eigenvalue weighted by atomic mass is 10.0. The molecule has 0 spiro atoms. The number of piperidine rings is 1. The van der Waals surface area contributed by atoms with Gasteiger partial charge >= 0.3 is 0 Å². The van der Waals surface area contributed by atoms with E-state index in [-0.39, 0.29) is 5.82 Å². The SMILES string of the molecule is CN(C)C1CCN(c2ccc(Nc3ncncc3Cl)cc2F)CC1. The maximum Gasteiger partial charge on any atom is 0.152 e. The van der Waals surface area contributed by atoms with Crippen molar-refractivity contribution < 1.29 is 4.39 Å². The van der Waals surface area contributed by atoms with E-state index in [4.69, 9.17) is 11.6 Å². The van der Waals surface area contributed by atoms with Gasteiger partial charge in [0.25, 0.3) is 0 Å². The van der Waals surface area contributed by atoms with Crippen LogP contribution in [0.15, 0.2) is 30.7 Å². The zero-order chi connectivity index (χ0) is 17.1. The van der Waals surface area contributed by atoms with E-state index >= 15 is 0 Å². The summed E-state index contributed by atoms with van der Waals surface area (Å²) < 4.78 is 14.5. The molecule has 2 heterocycles. The summed E-state index contributed by atoms with van der Waals surface area (Å²) in [5.74, 6) is 0.221. The first-order valence-corrected chi connectivity index (χ1v) is 8.36. The second kappa shape index (κ2) is 7.32. The molecule has 0 atom stereocenters. The molecule has 1 fully saturated rings. The molecule has 0 aliphatic carbocycles. The predicted molar refractivity (Wildman–Crippen MR) is 95.6 cm³/mol. The summed E-state index contributed by atoms with van der Waals surface area (Å²) in [4.78, 5) is 12.2. The Bertz CT molecular complexity index is 701. The van der Waals surface area contributed by atoms with Crippen LogP contribution in [0.4, 0.5) is 21.6 Å². The number of nitrogens with one attached hydrogen (secondary N) is 1. The average Bonchev–Trinajstić information content (AvgIpc) is 2.57. The average molecular weight is 350 g/mol. The third-order valence-corrected chi connectivity index (χ3v) is 4.69. The highest BCUT2D eigenvalue weighted by atomic mass is 35.5. The first kappa shape index (κ1) is 16.9. The van der Waals surface area contributed by atoms with Gasteiger partial charge in [0.1, 0.15) is 17.2 Å². The van der Waals surface area contributed by atoms with Gasteiger partial charge in [-0.3, -0.25) is 0 Å². The Morgan fingerprint density at radius 1 is 1.29 bits per heavy atom. The summed E-state index contributed by atoms with van der Waals surface area (Å²) in [6, 6.07) is 5.70. The van der Waals surface area contributed by atoms with Crippen LogP contribution in [0.25, 0.3) is 0 Å². The molecule has 1 aliphatic heterocycles. The molecule has 0 unspecified atom stereocenters. The van der Waals surface area contributed by atoms with E-state index in [1.165, 1.54) is 18.6 Å². The lowest BCUT2D eigenvalue weighted by Gasteiger charge is -2.36. The molecule has 1 N–H and O–H groups in total. The van der Waals surface area contributed by atoms with Crippen LogP contribution in [-0.4, -0.2) is 48.1 Å². The Morgan fingerprint density at radius 2 is 2.04 bits per heavy atom. The van der Waals surface area contributed by atoms with Crippen molar-refractivity contribution >= 4 is 28.8 Å². The molecule has 5 nitrogen and oxygen atoms in total. The van der Waals surface area contributed by atoms with Gasteiger partial charge in [0.15, 0.2) is 5.82 Å². The van der Waals surface area contributed by atoms with Crippen molar-refractivity contribution in [2.24, 2.45) is 0 Å². The van der Waals surface area contributed by atoms with Crippen molar-refractivity contribution in [3.63, 3.8) is 0 Å². The minimum atomic E-state index is -0.242.